The molecule has 0 spiro atoms. The fourth-order valence-electron chi connectivity index (χ4n) is 2.52. The lowest BCUT2D eigenvalue weighted by Crippen LogP contribution is -2.40. The zero-order chi connectivity index (χ0) is 14.5. The summed E-state index contributed by atoms with van der Waals surface area (Å²) >= 11 is 0. The van der Waals surface area contributed by atoms with E-state index in [2.05, 4.69) is 17.1 Å². The highest BCUT2D eigenvalue weighted by Gasteiger charge is 2.19. The topological polar surface area (TPSA) is 67.6 Å². The van der Waals surface area contributed by atoms with Gasteiger partial charge in [0.05, 0.1) is 12.7 Å². The Kier molecular flexibility index (Phi) is 4.84. The molecule has 0 saturated carbocycles. The van der Waals surface area contributed by atoms with Gasteiger partial charge in [-0.25, -0.2) is 0 Å². The van der Waals surface area contributed by atoms with Crippen molar-refractivity contribution in [2.45, 2.75) is 25.8 Å². The van der Waals surface area contributed by atoms with Gasteiger partial charge in [-0.3, -0.25) is 9.69 Å². The zero-order valence-corrected chi connectivity index (χ0v) is 12.2. The molecular weight excluding hydrogens is 254 g/mol. The van der Waals surface area contributed by atoms with Crippen molar-refractivity contribution < 1.29 is 9.53 Å². The SMILES string of the molecule is COc1ccc(C(=O)NCC(C)N2CCCC2)c(N)c1. The maximum Gasteiger partial charge on any atom is 0.253 e. The summed E-state index contributed by atoms with van der Waals surface area (Å²) in [5.41, 5.74) is 6.82. The molecule has 110 valence electrons. The van der Waals surface area contributed by atoms with E-state index in [-0.39, 0.29) is 5.91 Å². The molecule has 1 heterocycles. The number of rotatable bonds is 5. The number of methoxy groups -OCH3 is 1. The molecule has 0 bridgehead atoms. The number of nitrogens with two attached hydrogens (primary N) is 1. The normalized spacial score (nSPS) is 16.9. The first-order valence-corrected chi connectivity index (χ1v) is 7.07. The summed E-state index contributed by atoms with van der Waals surface area (Å²) in [6, 6.07) is 5.47. The van der Waals surface area contributed by atoms with E-state index in [1.807, 2.05) is 0 Å². The Morgan fingerprint density at radius 2 is 2.15 bits per heavy atom. The highest BCUT2D eigenvalue weighted by molar-refractivity contribution is 5.99. The van der Waals surface area contributed by atoms with Gasteiger partial charge in [0, 0.05) is 24.3 Å². The molecule has 1 amide bonds. The fourth-order valence-corrected chi connectivity index (χ4v) is 2.52. The van der Waals surface area contributed by atoms with Crippen molar-refractivity contribution in [1.82, 2.24) is 10.2 Å². The Labute approximate surface area is 120 Å². The molecule has 1 aromatic carbocycles. The van der Waals surface area contributed by atoms with Gasteiger partial charge in [0.15, 0.2) is 0 Å². The van der Waals surface area contributed by atoms with Crippen LogP contribution in [-0.4, -0.2) is 43.6 Å². The van der Waals surface area contributed by atoms with Crippen LogP contribution in [0.4, 0.5) is 5.69 Å². The predicted octanol–water partition coefficient (Wildman–Crippen LogP) is 1.49. The van der Waals surface area contributed by atoms with Crippen molar-refractivity contribution in [1.29, 1.82) is 0 Å². The van der Waals surface area contributed by atoms with Crippen molar-refractivity contribution in [2.24, 2.45) is 0 Å². The number of anilines is 1. The van der Waals surface area contributed by atoms with Crippen LogP contribution in [0, 0.1) is 0 Å². The second kappa shape index (κ2) is 6.61. The lowest BCUT2D eigenvalue weighted by Gasteiger charge is -2.24. The molecule has 0 aromatic heterocycles. The van der Waals surface area contributed by atoms with Crippen LogP contribution in [-0.2, 0) is 0 Å². The summed E-state index contributed by atoms with van der Waals surface area (Å²) < 4.78 is 5.08. The smallest absolute Gasteiger partial charge is 0.253 e. The van der Waals surface area contributed by atoms with Gasteiger partial charge >= 0.3 is 0 Å². The molecule has 1 unspecified atom stereocenters. The lowest BCUT2D eigenvalue weighted by molar-refractivity contribution is 0.0941. The highest BCUT2D eigenvalue weighted by atomic mass is 16.5. The predicted molar refractivity (Wildman–Crippen MR) is 80.0 cm³/mol. The Bertz CT molecular complexity index is 470. The minimum absolute atomic E-state index is 0.129. The van der Waals surface area contributed by atoms with Gasteiger partial charge in [-0.2, -0.15) is 0 Å². The fraction of sp³-hybridized carbons (Fsp3) is 0.533. The van der Waals surface area contributed by atoms with Gasteiger partial charge in [-0.1, -0.05) is 0 Å². The minimum Gasteiger partial charge on any atom is -0.497 e. The van der Waals surface area contributed by atoms with Crippen LogP contribution < -0.4 is 15.8 Å². The van der Waals surface area contributed by atoms with E-state index >= 15 is 0 Å². The average Bonchev–Trinajstić information content (AvgIpc) is 2.98. The van der Waals surface area contributed by atoms with Crippen molar-refractivity contribution >= 4 is 11.6 Å². The lowest BCUT2D eigenvalue weighted by atomic mass is 10.1. The minimum atomic E-state index is -0.129. The van der Waals surface area contributed by atoms with Crippen LogP contribution in [0.2, 0.25) is 0 Å². The van der Waals surface area contributed by atoms with Gasteiger partial charge in [0.1, 0.15) is 5.75 Å². The zero-order valence-electron chi connectivity index (χ0n) is 12.2. The van der Waals surface area contributed by atoms with E-state index in [0.29, 0.717) is 29.6 Å². The molecule has 2 rings (SSSR count). The second-order valence-electron chi connectivity index (χ2n) is 5.26. The molecule has 20 heavy (non-hydrogen) atoms. The summed E-state index contributed by atoms with van der Waals surface area (Å²) in [4.78, 5) is 14.5. The molecule has 1 aromatic rings. The summed E-state index contributed by atoms with van der Waals surface area (Å²) in [5.74, 6) is 0.528. The molecule has 1 atom stereocenters. The van der Waals surface area contributed by atoms with Crippen molar-refractivity contribution in [3.63, 3.8) is 0 Å². The molecule has 5 heteroatoms. The molecular formula is C15H23N3O2. The number of likely N-dealkylation sites (tertiary alicyclic amines) is 1. The maximum absolute atomic E-state index is 12.1. The van der Waals surface area contributed by atoms with Gasteiger partial charge in [-0.15, -0.1) is 0 Å². The first kappa shape index (κ1) is 14.7. The first-order valence-electron chi connectivity index (χ1n) is 7.07. The van der Waals surface area contributed by atoms with Gasteiger partial charge in [-0.05, 0) is 45.0 Å². The molecule has 1 aliphatic rings. The number of benzene rings is 1. The molecule has 1 fully saturated rings. The number of nitrogen functional groups attached to an aromatic ring is 1. The number of hydrogen-bond donors (Lipinski definition) is 2. The third-order valence-corrected chi connectivity index (χ3v) is 3.83. The Morgan fingerprint density at radius 1 is 1.45 bits per heavy atom. The first-order chi connectivity index (χ1) is 9.61. The summed E-state index contributed by atoms with van der Waals surface area (Å²) in [6.07, 6.45) is 2.51. The summed E-state index contributed by atoms with van der Waals surface area (Å²) in [5, 5.41) is 2.95. The highest BCUT2D eigenvalue weighted by Crippen LogP contribution is 2.19. The third-order valence-electron chi connectivity index (χ3n) is 3.83. The molecule has 1 aliphatic heterocycles. The number of carbonyl (C=O) groups excluding carboxylic acids is 1. The molecule has 0 aliphatic carbocycles. The second-order valence-corrected chi connectivity index (χ2v) is 5.26. The average molecular weight is 277 g/mol. The van der Waals surface area contributed by atoms with Gasteiger partial charge in [0.25, 0.3) is 5.91 Å². The molecule has 0 radical (unpaired) electrons. The summed E-state index contributed by atoms with van der Waals surface area (Å²) in [6.45, 7) is 5.04. The van der Waals surface area contributed by atoms with E-state index in [9.17, 15) is 4.79 Å². The van der Waals surface area contributed by atoms with Crippen LogP contribution in [0.3, 0.4) is 0 Å². The van der Waals surface area contributed by atoms with E-state index in [0.717, 1.165) is 13.1 Å². The van der Waals surface area contributed by atoms with Crippen LogP contribution in [0.25, 0.3) is 0 Å². The molecule has 1 saturated heterocycles. The maximum atomic E-state index is 12.1. The number of carbonyl (C=O) groups is 1. The summed E-state index contributed by atoms with van der Waals surface area (Å²) in [7, 11) is 1.58. The van der Waals surface area contributed by atoms with Crippen LogP contribution >= 0.6 is 0 Å². The Morgan fingerprint density at radius 3 is 2.75 bits per heavy atom. The number of nitrogens with zero attached hydrogens (tertiary/aromatic N) is 1. The van der Waals surface area contributed by atoms with Crippen molar-refractivity contribution in [3.8, 4) is 5.75 Å². The van der Waals surface area contributed by atoms with Crippen LogP contribution in [0.5, 0.6) is 5.75 Å². The van der Waals surface area contributed by atoms with Crippen LogP contribution in [0.1, 0.15) is 30.1 Å². The standard InChI is InChI=1S/C15H23N3O2/c1-11(18-7-3-4-8-18)10-17-15(19)13-6-5-12(20-2)9-14(13)16/h5-6,9,11H,3-4,7-8,10,16H2,1-2H3,(H,17,19). The van der Waals surface area contributed by atoms with Crippen molar-refractivity contribution in [2.75, 3.05) is 32.5 Å². The molecule has 5 nitrogen and oxygen atoms in total. The Balaban J connectivity index is 1.91. The van der Waals surface area contributed by atoms with E-state index < -0.39 is 0 Å². The van der Waals surface area contributed by atoms with Gasteiger partial charge in [0.2, 0.25) is 0 Å². The quantitative estimate of drug-likeness (QED) is 0.800. The monoisotopic (exact) mass is 277 g/mol. The van der Waals surface area contributed by atoms with E-state index in [1.54, 1.807) is 25.3 Å². The Hall–Kier alpha value is -1.75. The number of ether oxygens (including phenoxy) is 1. The third kappa shape index (κ3) is 3.42. The number of amides is 1. The largest absolute Gasteiger partial charge is 0.497 e. The number of hydrogen-bond acceptors (Lipinski definition) is 4. The van der Waals surface area contributed by atoms with Gasteiger partial charge < -0.3 is 15.8 Å². The molecule has 3 N–H and O–H groups in total. The van der Waals surface area contributed by atoms with E-state index in [1.165, 1.54) is 12.8 Å². The van der Waals surface area contributed by atoms with Crippen molar-refractivity contribution in [3.05, 3.63) is 23.8 Å². The number of nitrogens with one attached hydrogen (secondary N) is 1. The van der Waals surface area contributed by atoms with E-state index in [4.69, 9.17) is 10.5 Å². The van der Waals surface area contributed by atoms with Crippen LogP contribution in [0.15, 0.2) is 18.2 Å².